The quantitative estimate of drug-likeness (QED) is 0.811. The molecule has 0 amide bonds. The highest BCUT2D eigenvalue weighted by Gasteiger charge is 1.98. The van der Waals surface area contributed by atoms with Gasteiger partial charge in [-0.2, -0.15) is 0 Å². The molecule has 2 aromatic heterocycles. The topological polar surface area (TPSA) is 38.1 Å². The van der Waals surface area contributed by atoms with Crippen LogP contribution in [0.1, 0.15) is 11.5 Å². The van der Waals surface area contributed by atoms with Crippen LogP contribution >= 0.6 is 11.6 Å². The molecule has 0 atom stereocenters. The van der Waals surface area contributed by atoms with Gasteiger partial charge in [0.1, 0.15) is 16.7 Å². The number of aromatic nitrogens is 1. The Hall–Kier alpha value is -1.48. The molecule has 0 aromatic carbocycles. The highest BCUT2D eigenvalue weighted by molar-refractivity contribution is 6.29. The SMILES string of the molecule is Cc1ccc(CNc2ccc(Cl)nc2)o1. The molecule has 0 radical (unpaired) electrons. The van der Waals surface area contributed by atoms with E-state index in [0.29, 0.717) is 11.7 Å². The summed E-state index contributed by atoms with van der Waals surface area (Å²) in [5.41, 5.74) is 0.924. The molecule has 2 rings (SSSR count). The minimum absolute atomic E-state index is 0.495. The van der Waals surface area contributed by atoms with E-state index in [2.05, 4.69) is 10.3 Å². The van der Waals surface area contributed by atoms with Crippen molar-refractivity contribution in [1.82, 2.24) is 4.98 Å². The molecule has 0 bridgehead atoms. The molecular weight excluding hydrogens is 212 g/mol. The summed E-state index contributed by atoms with van der Waals surface area (Å²) in [6, 6.07) is 7.52. The molecule has 15 heavy (non-hydrogen) atoms. The summed E-state index contributed by atoms with van der Waals surface area (Å²) >= 11 is 5.67. The van der Waals surface area contributed by atoms with Gasteiger partial charge >= 0.3 is 0 Å². The monoisotopic (exact) mass is 222 g/mol. The first-order valence-electron chi connectivity index (χ1n) is 4.65. The molecule has 78 valence electrons. The van der Waals surface area contributed by atoms with E-state index in [0.717, 1.165) is 17.2 Å². The maximum absolute atomic E-state index is 5.67. The highest BCUT2D eigenvalue weighted by Crippen LogP contribution is 2.12. The molecule has 0 unspecified atom stereocenters. The Bertz CT molecular complexity index is 436. The first-order valence-corrected chi connectivity index (χ1v) is 5.02. The molecule has 0 saturated heterocycles. The van der Waals surface area contributed by atoms with E-state index in [1.54, 1.807) is 12.3 Å². The van der Waals surface area contributed by atoms with Crippen molar-refractivity contribution in [3.05, 3.63) is 47.1 Å². The number of aryl methyl sites for hydroxylation is 1. The molecule has 4 heteroatoms. The highest BCUT2D eigenvalue weighted by atomic mass is 35.5. The Morgan fingerprint density at radius 2 is 2.20 bits per heavy atom. The lowest BCUT2D eigenvalue weighted by atomic mass is 10.4. The van der Waals surface area contributed by atoms with Gasteiger partial charge in [0, 0.05) is 0 Å². The smallest absolute Gasteiger partial charge is 0.129 e. The van der Waals surface area contributed by atoms with E-state index in [1.807, 2.05) is 25.1 Å². The summed E-state index contributed by atoms with van der Waals surface area (Å²) < 4.78 is 5.42. The lowest BCUT2D eigenvalue weighted by Gasteiger charge is -2.03. The van der Waals surface area contributed by atoms with Crippen LogP contribution in [0.25, 0.3) is 0 Å². The van der Waals surface area contributed by atoms with Crippen LogP contribution in [0.2, 0.25) is 5.15 Å². The summed E-state index contributed by atoms with van der Waals surface area (Å²) in [6.45, 7) is 2.57. The third-order valence-electron chi connectivity index (χ3n) is 1.99. The molecule has 2 heterocycles. The number of anilines is 1. The Labute approximate surface area is 93.1 Å². The molecule has 0 fully saturated rings. The predicted molar refractivity (Wildman–Crippen MR) is 60.0 cm³/mol. The lowest BCUT2D eigenvalue weighted by Crippen LogP contribution is -1.98. The molecule has 1 N–H and O–H groups in total. The molecule has 0 saturated carbocycles. The number of halogens is 1. The van der Waals surface area contributed by atoms with Crippen molar-refractivity contribution in [2.75, 3.05) is 5.32 Å². The molecule has 0 aliphatic heterocycles. The maximum atomic E-state index is 5.67. The van der Waals surface area contributed by atoms with Gasteiger partial charge in [0.15, 0.2) is 0 Å². The van der Waals surface area contributed by atoms with Gasteiger partial charge in [-0.25, -0.2) is 4.98 Å². The van der Waals surface area contributed by atoms with Gasteiger partial charge in [0.05, 0.1) is 18.4 Å². The Balaban J connectivity index is 1.96. The Morgan fingerprint density at radius 1 is 1.33 bits per heavy atom. The van der Waals surface area contributed by atoms with Gasteiger partial charge < -0.3 is 9.73 Å². The van der Waals surface area contributed by atoms with E-state index < -0.39 is 0 Å². The van der Waals surface area contributed by atoms with E-state index in [9.17, 15) is 0 Å². The fourth-order valence-electron chi connectivity index (χ4n) is 1.25. The standard InChI is InChI=1S/C11H11ClN2O/c1-8-2-4-10(15-8)7-13-9-3-5-11(12)14-6-9/h2-6,13H,7H2,1H3. The summed E-state index contributed by atoms with van der Waals surface area (Å²) in [7, 11) is 0. The van der Waals surface area contributed by atoms with Gasteiger partial charge in [-0.15, -0.1) is 0 Å². The van der Waals surface area contributed by atoms with Gasteiger partial charge in [-0.1, -0.05) is 11.6 Å². The van der Waals surface area contributed by atoms with Crippen molar-refractivity contribution in [1.29, 1.82) is 0 Å². The second-order valence-electron chi connectivity index (χ2n) is 3.24. The first kappa shape index (κ1) is 10.1. The van der Waals surface area contributed by atoms with Crippen LogP contribution in [-0.4, -0.2) is 4.98 Å². The third kappa shape index (κ3) is 2.73. The number of furan rings is 1. The summed E-state index contributed by atoms with van der Waals surface area (Å²) in [6.07, 6.45) is 1.69. The fraction of sp³-hybridized carbons (Fsp3) is 0.182. The number of rotatable bonds is 3. The average molecular weight is 223 g/mol. The largest absolute Gasteiger partial charge is 0.465 e. The molecule has 0 aliphatic rings. The van der Waals surface area contributed by atoms with Crippen LogP contribution in [0.5, 0.6) is 0 Å². The second kappa shape index (κ2) is 4.36. The van der Waals surface area contributed by atoms with Gasteiger partial charge in [-0.3, -0.25) is 0 Å². The van der Waals surface area contributed by atoms with Crippen molar-refractivity contribution in [2.45, 2.75) is 13.5 Å². The summed E-state index contributed by atoms with van der Waals surface area (Å²) in [5, 5.41) is 3.68. The Kier molecular flexibility index (Phi) is 2.92. The van der Waals surface area contributed by atoms with Crippen LogP contribution in [0.4, 0.5) is 5.69 Å². The summed E-state index contributed by atoms with van der Waals surface area (Å²) in [5.74, 6) is 1.82. The van der Waals surface area contributed by atoms with E-state index in [4.69, 9.17) is 16.0 Å². The van der Waals surface area contributed by atoms with Crippen molar-refractivity contribution in [3.8, 4) is 0 Å². The number of pyridine rings is 1. The Morgan fingerprint density at radius 3 is 2.80 bits per heavy atom. The first-order chi connectivity index (χ1) is 7.24. The van der Waals surface area contributed by atoms with Crippen molar-refractivity contribution in [3.63, 3.8) is 0 Å². The number of nitrogens with zero attached hydrogens (tertiary/aromatic N) is 1. The molecule has 3 nitrogen and oxygen atoms in total. The third-order valence-corrected chi connectivity index (χ3v) is 2.21. The van der Waals surface area contributed by atoms with E-state index in [-0.39, 0.29) is 0 Å². The zero-order valence-corrected chi connectivity index (χ0v) is 9.08. The van der Waals surface area contributed by atoms with Crippen LogP contribution in [-0.2, 0) is 6.54 Å². The minimum atomic E-state index is 0.495. The second-order valence-corrected chi connectivity index (χ2v) is 3.62. The van der Waals surface area contributed by atoms with Gasteiger partial charge in [0.2, 0.25) is 0 Å². The van der Waals surface area contributed by atoms with Crippen molar-refractivity contribution < 1.29 is 4.42 Å². The molecule has 0 spiro atoms. The van der Waals surface area contributed by atoms with Crippen LogP contribution in [0, 0.1) is 6.92 Å². The number of hydrogen-bond donors (Lipinski definition) is 1. The normalized spacial score (nSPS) is 10.3. The minimum Gasteiger partial charge on any atom is -0.465 e. The zero-order valence-electron chi connectivity index (χ0n) is 8.33. The van der Waals surface area contributed by atoms with Crippen molar-refractivity contribution >= 4 is 17.3 Å². The number of hydrogen-bond acceptors (Lipinski definition) is 3. The average Bonchev–Trinajstić information content (AvgIpc) is 2.64. The fourth-order valence-corrected chi connectivity index (χ4v) is 1.36. The molecular formula is C11H11ClN2O. The summed E-state index contributed by atoms with van der Waals surface area (Å²) in [4.78, 5) is 3.97. The zero-order chi connectivity index (χ0) is 10.7. The predicted octanol–water partition coefficient (Wildman–Crippen LogP) is 3.25. The van der Waals surface area contributed by atoms with Crippen LogP contribution in [0.15, 0.2) is 34.9 Å². The molecule has 2 aromatic rings. The van der Waals surface area contributed by atoms with E-state index in [1.165, 1.54) is 0 Å². The number of nitrogens with one attached hydrogen (secondary N) is 1. The van der Waals surface area contributed by atoms with E-state index >= 15 is 0 Å². The maximum Gasteiger partial charge on any atom is 0.129 e. The van der Waals surface area contributed by atoms with Crippen molar-refractivity contribution in [2.24, 2.45) is 0 Å². The van der Waals surface area contributed by atoms with Gasteiger partial charge in [0.25, 0.3) is 0 Å². The van der Waals surface area contributed by atoms with Crippen LogP contribution < -0.4 is 5.32 Å². The lowest BCUT2D eigenvalue weighted by molar-refractivity contribution is 0.490. The van der Waals surface area contributed by atoms with Crippen LogP contribution in [0.3, 0.4) is 0 Å². The molecule has 0 aliphatic carbocycles. The van der Waals surface area contributed by atoms with Gasteiger partial charge in [-0.05, 0) is 31.2 Å².